The number of hydrogen-bond acceptors (Lipinski definition) is 3. The Morgan fingerprint density at radius 2 is 1.60 bits per heavy atom. The van der Waals surface area contributed by atoms with Gasteiger partial charge < -0.3 is 0 Å². The van der Waals surface area contributed by atoms with E-state index in [0.717, 1.165) is 12.0 Å². The molecule has 0 unspecified atom stereocenters. The van der Waals surface area contributed by atoms with Crippen molar-refractivity contribution in [2.75, 3.05) is 0 Å². The third-order valence-electron chi connectivity index (χ3n) is 5.31. The lowest BCUT2D eigenvalue weighted by atomic mass is 10.0. The second-order valence-electron chi connectivity index (χ2n) is 7.44. The number of isothiocyanates is 1. The Morgan fingerprint density at radius 3 is 2.27 bits per heavy atom. The molecule has 0 aliphatic heterocycles. The van der Waals surface area contributed by atoms with E-state index in [9.17, 15) is 8.78 Å². The maximum Gasteiger partial charge on any atom is 0.136 e. The molecule has 0 spiro atoms. The number of thiocarbonyl (C=S) groups is 1. The number of benzene rings is 2. The molecule has 0 atom stereocenters. The van der Waals surface area contributed by atoms with E-state index in [4.69, 9.17) is 0 Å². The molecule has 1 heterocycles. The number of thiophene rings is 1. The maximum absolute atomic E-state index is 14.7. The van der Waals surface area contributed by atoms with Crippen LogP contribution in [0.15, 0.2) is 53.5 Å². The van der Waals surface area contributed by atoms with Crippen LogP contribution in [0.2, 0.25) is 0 Å². The molecule has 0 amide bonds. The van der Waals surface area contributed by atoms with Gasteiger partial charge in [-0.2, -0.15) is 4.99 Å². The van der Waals surface area contributed by atoms with Crippen molar-refractivity contribution in [3.63, 3.8) is 0 Å². The maximum atomic E-state index is 14.7. The van der Waals surface area contributed by atoms with E-state index in [1.807, 2.05) is 12.1 Å². The van der Waals surface area contributed by atoms with Gasteiger partial charge in [-0.25, -0.2) is 8.78 Å². The Balaban J connectivity index is 1.54. The van der Waals surface area contributed by atoms with E-state index in [1.54, 1.807) is 24.3 Å². The van der Waals surface area contributed by atoms with Gasteiger partial charge in [-0.1, -0.05) is 37.5 Å². The van der Waals surface area contributed by atoms with Crippen molar-refractivity contribution < 1.29 is 8.78 Å². The van der Waals surface area contributed by atoms with Gasteiger partial charge in [0, 0.05) is 20.9 Å². The zero-order valence-corrected chi connectivity index (χ0v) is 17.9. The topological polar surface area (TPSA) is 12.4 Å². The van der Waals surface area contributed by atoms with Crippen LogP contribution >= 0.6 is 23.6 Å². The summed E-state index contributed by atoms with van der Waals surface area (Å²) >= 11 is 6.06. The molecule has 1 aromatic heterocycles. The van der Waals surface area contributed by atoms with Crippen molar-refractivity contribution in [1.82, 2.24) is 0 Å². The number of rotatable bonds is 4. The first-order chi connectivity index (χ1) is 14.6. The van der Waals surface area contributed by atoms with Crippen LogP contribution in [-0.2, 0) is 6.42 Å². The van der Waals surface area contributed by atoms with E-state index < -0.39 is 11.6 Å². The summed E-state index contributed by atoms with van der Waals surface area (Å²) in [6.07, 6.45) is 6.10. The van der Waals surface area contributed by atoms with Crippen LogP contribution in [0.3, 0.4) is 0 Å². The minimum Gasteiger partial charge on any atom is -0.206 e. The Kier molecular flexibility index (Phi) is 6.50. The van der Waals surface area contributed by atoms with Gasteiger partial charge in [0.1, 0.15) is 11.6 Å². The summed E-state index contributed by atoms with van der Waals surface area (Å²) in [7, 11) is 0. The number of nitrogens with zero attached hydrogens (tertiary/aromatic N) is 1. The summed E-state index contributed by atoms with van der Waals surface area (Å²) in [5, 5.41) is 2.30. The molecule has 0 N–H and O–H groups in total. The standard InChI is InChI=1S/C25H19F2NS2/c26-22-14-19(6-5-17-7-9-20(10-8-17)28-16-29)15-23(27)25(22)24-12-11-21(30-24)13-18-3-1-2-4-18/h7-12,14-15,18H,1-4,13H2. The predicted molar refractivity (Wildman–Crippen MR) is 122 cm³/mol. The largest absolute Gasteiger partial charge is 0.206 e. The van der Waals surface area contributed by atoms with Crippen molar-refractivity contribution in [2.45, 2.75) is 32.1 Å². The fourth-order valence-electron chi connectivity index (χ4n) is 3.82. The fraction of sp³-hybridized carbons (Fsp3) is 0.240. The normalized spacial score (nSPS) is 13.5. The molecule has 1 aliphatic carbocycles. The van der Waals surface area contributed by atoms with Crippen LogP contribution in [0.5, 0.6) is 0 Å². The van der Waals surface area contributed by atoms with Crippen molar-refractivity contribution in [3.05, 3.63) is 76.2 Å². The Labute approximate surface area is 184 Å². The van der Waals surface area contributed by atoms with Crippen LogP contribution in [0.25, 0.3) is 10.4 Å². The Hall–Kier alpha value is -2.64. The molecule has 30 heavy (non-hydrogen) atoms. The summed E-state index contributed by atoms with van der Waals surface area (Å²) in [5.74, 6) is 5.29. The van der Waals surface area contributed by atoms with Gasteiger partial charge in [0.15, 0.2) is 0 Å². The number of aliphatic imine (C=N–C) groups is 1. The summed E-state index contributed by atoms with van der Waals surface area (Å²) in [5.41, 5.74) is 1.74. The first-order valence-electron chi connectivity index (χ1n) is 9.90. The van der Waals surface area contributed by atoms with Crippen molar-refractivity contribution in [3.8, 4) is 22.3 Å². The highest BCUT2D eigenvalue weighted by Gasteiger charge is 2.19. The van der Waals surface area contributed by atoms with E-state index >= 15 is 0 Å². The molecule has 0 radical (unpaired) electrons. The number of halogens is 2. The quantitative estimate of drug-likeness (QED) is 0.234. The highest BCUT2D eigenvalue weighted by molar-refractivity contribution is 7.78. The molecule has 150 valence electrons. The molecule has 0 saturated heterocycles. The molecule has 1 nitrogen and oxygen atoms in total. The van der Waals surface area contributed by atoms with Gasteiger partial charge in [-0.3, -0.25) is 0 Å². The van der Waals surface area contributed by atoms with Crippen LogP contribution < -0.4 is 0 Å². The second kappa shape index (κ2) is 9.45. The summed E-state index contributed by atoms with van der Waals surface area (Å²) in [6.45, 7) is 0. The second-order valence-corrected chi connectivity index (χ2v) is 8.79. The summed E-state index contributed by atoms with van der Waals surface area (Å²) in [4.78, 5) is 5.70. The molecule has 0 bridgehead atoms. The lowest BCUT2D eigenvalue weighted by molar-refractivity contribution is 0.551. The minimum atomic E-state index is -0.584. The monoisotopic (exact) mass is 435 g/mol. The molecule has 1 fully saturated rings. The lowest BCUT2D eigenvalue weighted by Gasteiger charge is -2.06. The van der Waals surface area contributed by atoms with E-state index in [2.05, 4.69) is 34.2 Å². The lowest BCUT2D eigenvalue weighted by Crippen LogP contribution is -1.95. The summed E-state index contributed by atoms with van der Waals surface area (Å²) in [6, 6.07) is 13.5. The molecule has 2 aromatic carbocycles. The zero-order chi connectivity index (χ0) is 20.9. The molecular weight excluding hydrogens is 416 g/mol. The molecular formula is C25H19F2NS2. The Morgan fingerprint density at radius 1 is 0.933 bits per heavy atom. The molecule has 1 aliphatic rings. The first-order valence-corrected chi connectivity index (χ1v) is 11.1. The highest BCUT2D eigenvalue weighted by atomic mass is 32.1. The highest BCUT2D eigenvalue weighted by Crippen LogP contribution is 2.36. The van der Waals surface area contributed by atoms with Gasteiger partial charge in [-0.05, 0) is 73.1 Å². The van der Waals surface area contributed by atoms with Gasteiger partial charge in [0.05, 0.1) is 16.4 Å². The van der Waals surface area contributed by atoms with Gasteiger partial charge >= 0.3 is 0 Å². The fourth-order valence-corrected chi connectivity index (χ4v) is 5.09. The molecule has 5 heteroatoms. The SMILES string of the molecule is Fc1cc(C#Cc2ccc(N=C=S)cc2)cc(F)c1-c1ccc(CC2CCCC2)s1. The van der Waals surface area contributed by atoms with Crippen LogP contribution in [-0.4, -0.2) is 5.16 Å². The van der Waals surface area contributed by atoms with Gasteiger partial charge in [0.2, 0.25) is 0 Å². The van der Waals surface area contributed by atoms with E-state index in [0.29, 0.717) is 22.0 Å². The predicted octanol–water partition coefficient (Wildman–Crippen LogP) is 7.56. The van der Waals surface area contributed by atoms with E-state index in [-0.39, 0.29) is 5.56 Å². The third kappa shape index (κ3) is 4.91. The van der Waals surface area contributed by atoms with Crippen molar-refractivity contribution >= 4 is 34.4 Å². The van der Waals surface area contributed by atoms with Crippen molar-refractivity contribution in [1.29, 1.82) is 0 Å². The Bertz CT molecular complexity index is 1130. The van der Waals surface area contributed by atoms with Crippen LogP contribution in [0.4, 0.5) is 14.5 Å². The van der Waals surface area contributed by atoms with Crippen molar-refractivity contribution in [2.24, 2.45) is 10.9 Å². The summed E-state index contributed by atoms with van der Waals surface area (Å²) < 4.78 is 29.5. The number of hydrogen-bond donors (Lipinski definition) is 0. The first kappa shape index (κ1) is 20.6. The van der Waals surface area contributed by atoms with Gasteiger partial charge in [0.25, 0.3) is 0 Å². The van der Waals surface area contributed by atoms with Gasteiger partial charge in [-0.15, -0.1) is 11.3 Å². The zero-order valence-electron chi connectivity index (χ0n) is 16.3. The third-order valence-corrected chi connectivity index (χ3v) is 6.52. The smallest absolute Gasteiger partial charge is 0.136 e. The average Bonchev–Trinajstić information content (AvgIpc) is 3.40. The minimum absolute atomic E-state index is 0.0330. The van der Waals surface area contributed by atoms with Crippen LogP contribution in [0.1, 0.15) is 41.7 Å². The van der Waals surface area contributed by atoms with Crippen LogP contribution in [0, 0.1) is 29.4 Å². The van der Waals surface area contributed by atoms with E-state index in [1.165, 1.54) is 54.0 Å². The molecule has 1 saturated carbocycles. The average molecular weight is 436 g/mol. The molecule has 3 aromatic rings. The molecule has 4 rings (SSSR count).